The first-order valence-corrected chi connectivity index (χ1v) is 12.2. The summed E-state index contributed by atoms with van der Waals surface area (Å²) >= 11 is 0. The van der Waals surface area contributed by atoms with Crippen molar-refractivity contribution in [2.24, 2.45) is 16.8 Å². The molecule has 2 aromatic carbocycles. The molecule has 4 rings (SSSR count). The highest BCUT2D eigenvalue weighted by Crippen LogP contribution is 2.30. The molecule has 3 N–H and O–H groups in total. The summed E-state index contributed by atoms with van der Waals surface area (Å²) in [7, 11) is 1.69. The number of carbonyl (C=O) groups excluding carboxylic acids is 1. The van der Waals surface area contributed by atoms with Gasteiger partial charge in [-0.2, -0.15) is 0 Å². The number of nitrogens with two attached hydrogens (primary N) is 1. The van der Waals surface area contributed by atoms with Gasteiger partial charge in [0.1, 0.15) is 12.4 Å². The lowest BCUT2D eigenvalue weighted by Crippen LogP contribution is -2.50. The van der Waals surface area contributed by atoms with Crippen molar-refractivity contribution in [3.8, 4) is 5.75 Å². The van der Waals surface area contributed by atoms with Crippen molar-refractivity contribution in [3.63, 3.8) is 0 Å². The Labute approximate surface area is 196 Å². The lowest BCUT2D eigenvalue weighted by atomic mass is 9.84. The Balaban J connectivity index is 1.53. The molecule has 3 atom stereocenters. The minimum atomic E-state index is -0.419. The van der Waals surface area contributed by atoms with Crippen LogP contribution in [0.25, 0.3) is 10.8 Å². The fourth-order valence-corrected chi connectivity index (χ4v) is 5.40. The summed E-state index contributed by atoms with van der Waals surface area (Å²) in [6.07, 6.45) is 6.48. The number of benzene rings is 2. The first-order chi connectivity index (χ1) is 16.1. The second kappa shape index (κ2) is 10.9. The maximum atomic E-state index is 11.3. The van der Waals surface area contributed by atoms with Crippen LogP contribution in [0, 0.1) is 5.92 Å². The maximum Gasteiger partial charge on any atom is 0.312 e. The molecule has 1 heterocycles. The number of nitrogens with zero attached hydrogens (tertiary/aromatic N) is 2. The normalized spacial score (nSPS) is 24.4. The fourth-order valence-electron chi connectivity index (χ4n) is 5.40. The van der Waals surface area contributed by atoms with Crippen LogP contribution in [0.2, 0.25) is 0 Å². The van der Waals surface area contributed by atoms with E-state index in [1.54, 1.807) is 7.11 Å². The zero-order valence-corrected chi connectivity index (χ0v) is 19.8. The number of primary amides is 1. The van der Waals surface area contributed by atoms with E-state index in [1.165, 1.54) is 6.42 Å². The number of hydrogen-bond donors (Lipinski definition) is 2. The second-order valence-electron chi connectivity index (χ2n) is 9.18. The molecular formula is C26H36N4O3. The third kappa shape index (κ3) is 5.77. The zero-order chi connectivity index (χ0) is 23.2. The van der Waals surface area contributed by atoms with E-state index in [0.29, 0.717) is 18.6 Å². The van der Waals surface area contributed by atoms with Crippen LogP contribution < -0.4 is 15.8 Å². The van der Waals surface area contributed by atoms with Gasteiger partial charge in [0.2, 0.25) is 0 Å². The second-order valence-corrected chi connectivity index (χ2v) is 9.18. The van der Waals surface area contributed by atoms with Gasteiger partial charge >= 0.3 is 6.03 Å². The molecule has 178 valence electrons. The fraction of sp³-hybridized carbons (Fsp3) is 0.538. The maximum absolute atomic E-state index is 11.3. The van der Waals surface area contributed by atoms with Crippen molar-refractivity contribution in [3.05, 3.63) is 42.0 Å². The zero-order valence-electron chi connectivity index (χ0n) is 19.8. The number of nitrogens with one attached hydrogen (secondary N) is 1. The molecule has 0 bridgehead atoms. The molecule has 1 aliphatic heterocycles. The van der Waals surface area contributed by atoms with Gasteiger partial charge < -0.3 is 20.6 Å². The summed E-state index contributed by atoms with van der Waals surface area (Å²) in [6.45, 7) is 4.56. The van der Waals surface area contributed by atoms with Crippen molar-refractivity contribution in [1.82, 2.24) is 10.2 Å². The molecule has 7 nitrogen and oxygen atoms in total. The van der Waals surface area contributed by atoms with Crippen molar-refractivity contribution < 1.29 is 14.4 Å². The third-order valence-corrected chi connectivity index (χ3v) is 6.98. The van der Waals surface area contributed by atoms with Crippen LogP contribution in [0.1, 0.15) is 51.0 Å². The van der Waals surface area contributed by atoms with Gasteiger partial charge in [-0.15, -0.1) is 0 Å². The lowest BCUT2D eigenvalue weighted by molar-refractivity contribution is 0.103. The Bertz CT molecular complexity index is 993. The first kappa shape index (κ1) is 23.4. The number of carbonyl (C=O) groups is 1. The van der Waals surface area contributed by atoms with Crippen LogP contribution in [-0.2, 0) is 4.84 Å². The molecule has 33 heavy (non-hydrogen) atoms. The molecule has 0 radical (unpaired) electrons. The van der Waals surface area contributed by atoms with E-state index in [2.05, 4.69) is 45.7 Å². The van der Waals surface area contributed by atoms with Gasteiger partial charge in [-0.1, -0.05) is 23.4 Å². The van der Waals surface area contributed by atoms with Crippen molar-refractivity contribution in [2.75, 3.05) is 26.8 Å². The van der Waals surface area contributed by atoms with Gasteiger partial charge in [0.25, 0.3) is 0 Å². The van der Waals surface area contributed by atoms with Crippen LogP contribution >= 0.6 is 0 Å². The average molecular weight is 453 g/mol. The predicted octanol–water partition coefficient (Wildman–Crippen LogP) is 4.28. The average Bonchev–Trinajstić information content (AvgIpc) is 2.84. The van der Waals surface area contributed by atoms with Crippen molar-refractivity contribution in [2.45, 2.75) is 57.5 Å². The largest absolute Gasteiger partial charge is 0.497 e. The molecule has 0 spiro atoms. The van der Waals surface area contributed by atoms with E-state index in [-0.39, 0.29) is 6.04 Å². The number of hydrogen-bond acceptors (Lipinski definition) is 5. The smallest absolute Gasteiger partial charge is 0.312 e. The first-order valence-electron chi connectivity index (χ1n) is 12.2. The summed E-state index contributed by atoms with van der Waals surface area (Å²) < 4.78 is 5.37. The Morgan fingerprint density at radius 1 is 1.15 bits per heavy atom. The lowest BCUT2D eigenvalue weighted by Gasteiger charge is -2.42. The molecule has 1 aliphatic carbocycles. The summed E-state index contributed by atoms with van der Waals surface area (Å²) in [4.78, 5) is 19.5. The van der Waals surface area contributed by atoms with Crippen LogP contribution in [0.15, 0.2) is 41.6 Å². The summed E-state index contributed by atoms with van der Waals surface area (Å²) in [5.41, 5.74) is 7.52. The van der Waals surface area contributed by atoms with Gasteiger partial charge in [0.05, 0.1) is 12.8 Å². The van der Waals surface area contributed by atoms with Crippen molar-refractivity contribution >= 4 is 22.5 Å². The number of fused-ring (bicyclic) bond motifs is 1. The van der Waals surface area contributed by atoms with Gasteiger partial charge in [-0.3, -0.25) is 4.90 Å². The Morgan fingerprint density at radius 2 is 1.97 bits per heavy atom. The highest BCUT2D eigenvalue weighted by atomic mass is 16.6. The number of oxime groups is 1. The minimum absolute atomic E-state index is 0.177. The molecule has 2 fully saturated rings. The van der Waals surface area contributed by atoms with Gasteiger partial charge in [0, 0.05) is 30.1 Å². The Hall–Kier alpha value is -2.80. The van der Waals surface area contributed by atoms with Crippen LogP contribution in [0.4, 0.5) is 4.79 Å². The SMILES string of the molecule is CCO/N=C(/c1ccc2cc(OC)ccc2c1)C1CCCN(C2CCCC(NC(N)=O)C2)C1. The highest BCUT2D eigenvalue weighted by molar-refractivity contribution is 6.05. The van der Waals surface area contributed by atoms with E-state index in [1.807, 2.05) is 13.0 Å². The number of rotatable bonds is 7. The number of amides is 2. The quantitative estimate of drug-likeness (QED) is 0.485. The van der Waals surface area contributed by atoms with E-state index in [0.717, 1.165) is 73.0 Å². The predicted molar refractivity (Wildman–Crippen MR) is 132 cm³/mol. The third-order valence-electron chi connectivity index (χ3n) is 6.98. The topological polar surface area (TPSA) is 89.2 Å². The van der Waals surface area contributed by atoms with Gasteiger partial charge in [-0.25, -0.2) is 4.79 Å². The molecule has 7 heteroatoms. The van der Waals surface area contributed by atoms with Crippen LogP contribution in [-0.4, -0.2) is 55.5 Å². The molecule has 3 unspecified atom stereocenters. The van der Waals surface area contributed by atoms with Crippen molar-refractivity contribution in [1.29, 1.82) is 0 Å². The highest BCUT2D eigenvalue weighted by Gasteiger charge is 2.33. The molecule has 2 aromatic rings. The Morgan fingerprint density at radius 3 is 2.76 bits per heavy atom. The molecule has 1 saturated carbocycles. The van der Waals surface area contributed by atoms with E-state index in [9.17, 15) is 4.79 Å². The molecule has 0 aromatic heterocycles. The van der Waals surface area contributed by atoms with E-state index >= 15 is 0 Å². The number of ether oxygens (including phenoxy) is 1. The van der Waals surface area contributed by atoms with Crippen LogP contribution in [0.3, 0.4) is 0 Å². The van der Waals surface area contributed by atoms with E-state index < -0.39 is 6.03 Å². The molecule has 2 aliphatic rings. The van der Waals surface area contributed by atoms with Gasteiger partial charge in [0.15, 0.2) is 0 Å². The molecular weight excluding hydrogens is 416 g/mol. The number of piperidine rings is 1. The van der Waals surface area contributed by atoms with Crippen LogP contribution in [0.5, 0.6) is 5.75 Å². The summed E-state index contributed by atoms with van der Waals surface area (Å²) in [5, 5.41) is 9.84. The Kier molecular flexibility index (Phi) is 7.70. The monoisotopic (exact) mass is 452 g/mol. The summed E-state index contributed by atoms with van der Waals surface area (Å²) in [6, 6.07) is 12.9. The number of likely N-dealkylation sites (tertiary alicyclic amines) is 1. The summed E-state index contributed by atoms with van der Waals surface area (Å²) in [5.74, 6) is 1.17. The standard InChI is InChI=1S/C26H36N4O3/c1-3-33-29-25(20-10-9-19-15-24(32-2)12-11-18(19)14-20)21-6-5-13-30(17-21)23-8-4-7-22(16-23)28-26(27)31/h9-12,14-15,21-23H,3-8,13,16-17H2,1-2H3,(H3,27,28,31)/b29-25-. The van der Waals surface area contributed by atoms with E-state index in [4.69, 9.17) is 15.3 Å². The molecule has 2 amide bonds. The van der Waals surface area contributed by atoms with Gasteiger partial charge in [-0.05, 0) is 81.0 Å². The number of urea groups is 1. The minimum Gasteiger partial charge on any atom is -0.497 e. The number of methoxy groups -OCH3 is 1. The molecule has 1 saturated heterocycles.